The highest BCUT2D eigenvalue weighted by Crippen LogP contribution is 2.40. The van der Waals surface area contributed by atoms with Crippen LogP contribution in [0.25, 0.3) is 11.6 Å². The van der Waals surface area contributed by atoms with Crippen LogP contribution in [0.4, 0.5) is 16.2 Å². The molecule has 2 N–H and O–H groups in total. The first-order valence-corrected chi connectivity index (χ1v) is 11.8. The molecule has 0 atom stereocenters. The molecule has 4 amide bonds. The van der Waals surface area contributed by atoms with E-state index in [0.717, 1.165) is 39.4 Å². The van der Waals surface area contributed by atoms with Gasteiger partial charge in [-0.2, -0.15) is 0 Å². The third-order valence-corrected chi connectivity index (χ3v) is 6.55. The summed E-state index contributed by atoms with van der Waals surface area (Å²) in [5, 5.41) is 5.36. The van der Waals surface area contributed by atoms with E-state index in [1.807, 2.05) is 32.0 Å². The van der Waals surface area contributed by atoms with Gasteiger partial charge in [-0.1, -0.05) is 18.2 Å². The molecule has 35 heavy (non-hydrogen) atoms. The molecular weight excluding hydrogens is 440 g/mol. The summed E-state index contributed by atoms with van der Waals surface area (Å²) in [7, 11) is 0. The van der Waals surface area contributed by atoms with Crippen LogP contribution in [0, 0.1) is 13.8 Å². The number of nitrogens with one attached hydrogen (secondary N) is 2. The van der Waals surface area contributed by atoms with Gasteiger partial charge < -0.3 is 15.5 Å². The zero-order chi connectivity index (χ0) is 25.5. The maximum absolute atomic E-state index is 13.0. The number of carbonyl (C=O) groups excluding carboxylic acids is 3. The Kier molecular flexibility index (Phi) is 6.28. The molecule has 0 aromatic heterocycles. The topological polar surface area (TPSA) is 81.8 Å². The van der Waals surface area contributed by atoms with Crippen molar-refractivity contribution in [2.75, 3.05) is 23.3 Å². The molecule has 4 rings (SSSR count). The number of fused-ring (bicyclic) bond motifs is 1. The van der Waals surface area contributed by atoms with Crippen LogP contribution in [0.3, 0.4) is 0 Å². The summed E-state index contributed by atoms with van der Waals surface area (Å²) in [5.74, 6) is -0.955. The van der Waals surface area contributed by atoms with Gasteiger partial charge in [-0.05, 0) is 94.1 Å². The Morgan fingerprint density at radius 1 is 1.11 bits per heavy atom. The van der Waals surface area contributed by atoms with E-state index >= 15 is 0 Å². The van der Waals surface area contributed by atoms with E-state index in [0.29, 0.717) is 5.69 Å². The number of imide groups is 1. The van der Waals surface area contributed by atoms with E-state index < -0.39 is 17.8 Å². The Balaban J connectivity index is 1.57. The number of hydrogen-bond donors (Lipinski definition) is 2. The molecule has 0 aliphatic carbocycles. The minimum atomic E-state index is -0.605. The van der Waals surface area contributed by atoms with Crippen molar-refractivity contribution < 1.29 is 14.4 Å². The Labute approximate surface area is 206 Å². The van der Waals surface area contributed by atoms with Crippen LogP contribution in [-0.4, -0.2) is 41.4 Å². The predicted octanol–water partition coefficient (Wildman–Crippen LogP) is 4.86. The Morgan fingerprint density at radius 3 is 2.54 bits per heavy atom. The monoisotopic (exact) mass is 472 g/mol. The lowest BCUT2D eigenvalue weighted by molar-refractivity contribution is -0.127. The number of nitrogens with zero attached hydrogens (tertiary/aromatic N) is 2. The fourth-order valence-electron chi connectivity index (χ4n) is 4.92. The summed E-state index contributed by atoms with van der Waals surface area (Å²) in [6, 6.07) is 10.9. The molecule has 1 fully saturated rings. The lowest BCUT2D eigenvalue weighted by Crippen LogP contribution is -2.44. The molecule has 7 heteroatoms. The van der Waals surface area contributed by atoms with E-state index in [-0.39, 0.29) is 17.8 Å². The Hall–Kier alpha value is -3.87. The molecule has 1 saturated heterocycles. The van der Waals surface area contributed by atoms with Gasteiger partial charge in [0.25, 0.3) is 5.91 Å². The second-order valence-electron chi connectivity index (χ2n) is 9.75. The van der Waals surface area contributed by atoms with Gasteiger partial charge in [-0.25, -0.2) is 9.69 Å². The summed E-state index contributed by atoms with van der Waals surface area (Å²) >= 11 is 0. The average molecular weight is 473 g/mol. The molecule has 2 aliphatic rings. The number of carbonyl (C=O) groups is 3. The van der Waals surface area contributed by atoms with Crippen molar-refractivity contribution in [2.45, 2.75) is 47.1 Å². The number of hydrogen-bond acceptors (Lipinski definition) is 4. The van der Waals surface area contributed by atoms with Crippen LogP contribution in [-0.2, 0) is 9.59 Å². The summed E-state index contributed by atoms with van der Waals surface area (Å²) in [4.78, 5) is 41.3. The standard InChI is InChI=1S/C28H32N4O3/c1-7-32-24-12-18(3)20(13-22(24)19(4)15-28(32,5)6)14-23-26(34)31(27(35)30-23)16-25(33)29-21-10-8-9-17(2)11-21/h8-15H,7,16H2,1-6H3,(H,29,33)(H,30,35)/b23-14+. The van der Waals surface area contributed by atoms with Gasteiger partial charge in [0, 0.05) is 23.5 Å². The van der Waals surface area contributed by atoms with Crippen LogP contribution >= 0.6 is 0 Å². The first-order valence-electron chi connectivity index (χ1n) is 11.8. The number of allylic oxidation sites excluding steroid dienone is 1. The molecule has 2 aromatic rings. The van der Waals surface area contributed by atoms with Crippen molar-refractivity contribution in [1.82, 2.24) is 10.2 Å². The fourth-order valence-corrected chi connectivity index (χ4v) is 4.92. The second kappa shape index (κ2) is 9.06. The van der Waals surface area contributed by atoms with E-state index in [2.05, 4.69) is 61.4 Å². The highest BCUT2D eigenvalue weighted by molar-refractivity contribution is 6.16. The molecule has 7 nitrogen and oxygen atoms in total. The van der Waals surface area contributed by atoms with E-state index in [1.54, 1.807) is 12.1 Å². The van der Waals surface area contributed by atoms with Gasteiger partial charge in [0.15, 0.2) is 0 Å². The first-order chi connectivity index (χ1) is 16.5. The second-order valence-corrected chi connectivity index (χ2v) is 9.75. The number of rotatable bonds is 5. The largest absolute Gasteiger partial charge is 0.363 e. The van der Waals surface area contributed by atoms with Gasteiger partial charge in [0.1, 0.15) is 12.2 Å². The normalized spacial score (nSPS) is 17.9. The number of likely N-dealkylation sites (N-methyl/N-ethyl adjacent to an activating group) is 1. The van der Waals surface area contributed by atoms with Gasteiger partial charge in [0.05, 0.1) is 5.54 Å². The third kappa shape index (κ3) is 4.71. The molecular formula is C28H32N4O3. The first kappa shape index (κ1) is 24.3. The molecule has 0 radical (unpaired) electrons. The van der Waals surface area contributed by atoms with Crippen molar-refractivity contribution in [3.8, 4) is 0 Å². The maximum atomic E-state index is 13.0. The van der Waals surface area contributed by atoms with Crippen LogP contribution in [0.5, 0.6) is 0 Å². The van der Waals surface area contributed by atoms with Crippen molar-refractivity contribution in [3.63, 3.8) is 0 Å². The van der Waals surface area contributed by atoms with Gasteiger partial charge in [0.2, 0.25) is 5.91 Å². The number of urea groups is 1. The number of amides is 4. The summed E-state index contributed by atoms with van der Waals surface area (Å²) < 4.78 is 0. The molecule has 182 valence electrons. The van der Waals surface area contributed by atoms with Crippen molar-refractivity contribution >= 4 is 40.9 Å². The van der Waals surface area contributed by atoms with E-state index in [9.17, 15) is 14.4 Å². The molecule has 2 aromatic carbocycles. The Morgan fingerprint density at radius 2 is 1.86 bits per heavy atom. The van der Waals surface area contributed by atoms with E-state index in [1.165, 1.54) is 5.57 Å². The van der Waals surface area contributed by atoms with Crippen molar-refractivity contribution in [2.24, 2.45) is 0 Å². The summed E-state index contributed by atoms with van der Waals surface area (Å²) in [6.07, 6.45) is 3.94. The van der Waals surface area contributed by atoms with Crippen LogP contribution in [0.1, 0.15) is 49.9 Å². The van der Waals surface area contributed by atoms with Crippen LogP contribution in [0.15, 0.2) is 48.2 Å². The lowest BCUT2D eigenvalue weighted by Gasteiger charge is -2.43. The minimum absolute atomic E-state index is 0.0901. The molecule has 2 aliphatic heterocycles. The quantitative estimate of drug-likeness (QED) is 0.481. The zero-order valence-corrected chi connectivity index (χ0v) is 21.2. The number of aryl methyl sites for hydroxylation is 2. The number of anilines is 2. The minimum Gasteiger partial charge on any atom is -0.363 e. The van der Waals surface area contributed by atoms with Crippen molar-refractivity contribution in [1.29, 1.82) is 0 Å². The van der Waals surface area contributed by atoms with Crippen molar-refractivity contribution in [3.05, 3.63) is 70.4 Å². The zero-order valence-electron chi connectivity index (χ0n) is 21.2. The van der Waals surface area contributed by atoms with Gasteiger partial charge in [-0.3, -0.25) is 9.59 Å². The summed E-state index contributed by atoms with van der Waals surface area (Å²) in [5.41, 5.74) is 6.97. The van der Waals surface area contributed by atoms with E-state index in [4.69, 9.17) is 0 Å². The molecule has 0 saturated carbocycles. The molecule has 0 unspecified atom stereocenters. The lowest BCUT2D eigenvalue weighted by atomic mass is 9.87. The third-order valence-electron chi connectivity index (χ3n) is 6.55. The average Bonchev–Trinajstić information content (AvgIpc) is 3.02. The highest BCUT2D eigenvalue weighted by Gasteiger charge is 2.35. The number of benzene rings is 2. The highest BCUT2D eigenvalue weighted by atomic mass is 16.2. The smallest absolute Gasteiger partial charge is 0.329 e. The fraction of sp³-hybridized carbons (Fsp3) is 0.321. The molecule has 0 bridgehead atoms. The molecule has 2 heterocycles. The molecule has 0 spiro atoms. The SMILES string of the molecule is CCN1c2cc(C)c(/C=C3/NC(=O)N(CC(=O)Nc4cccc(C)c4)C3=O)cc2C(C)=CC1(C)C. The van der Waals surface area contributed by atoms with Gasteiger partial charge >= 0.3 is 6.03 Å². The Bertz CT molecular complexity index is 1290. The predicted molar refractivity (Wildman–Crippen MR) is 140 cm³/mol. The van der Waals surface area contributed by atoms with Crippen LogP contribution < -0.4 is 15.5 Å². The van der Waals surface area contributed by atoms with Crippen LogP contribution in [0.2, 0.25) is 0 Å². The maximum Gasteiger partial charge on any atom is 0.329 e. The summed E-state index contributed by atoms with van der Waals surface area (Å²) in [6.45, 7) is 13.1. The van der Waals surface area contributed by atoms with Gasteiger partial charge in [-0.15, -0.1) is 0 Å².